The van der Waals surface area contributed by atoms with E-state index >= 15 is 0 Å². The van der Waals surface area contributed by atoms with E-state index in [9.17, 15) is 13.2 Å². The van der Waals surface area contributed by atoms with Crippen molar-refractivity contribution >= 4 is 27.3 Å². The number of amides is 1. The van der Waals surface area contributed by atoms with Gasteiger partial charge in [-0.2, -0.15) is 0 Å². The van der Waals surface area contributed by atoms with Crippen molar-refractivity contribution in [1.29, 1.82) is 0 Å². The van der Waals surface area contributed by atoms with Gasteiger partial charge in [-0.25, -0.2) is 8.42 Å². The summed E-state index contributed by atoms with van der Waals surface area (Å²) in [6.45, 7) is 6.31. The van der Waals surface area contributed by atoms with Crippen molar-refractivity contribution in [3.63, 3.8) is 0 Å². The summed E-state index contributed by atoms with van der Waals surface area (Å²) < 4.78 is 26.1. The van der Waals surface area contributed by atoms with Crippen LogP contribution in [0.5, 0.6) is 0 Å². The summed E-state index contributed by atoms with van der Waals surface area (Å²) in [7, 11) is -3.26. The van der Waals surface area contributed by atoms with Crippen LogP contribution in [0.3, 0.4) is 0 Å². The van der Waals surface area contributed by atoms with Gasteiger partial charge in [0, 0.05) is 17.8 Å². The fourth-order valence-electron chi connectivity index (χ4n) is 3.39. The largest absolute Gasteiger partial charge is 0.322 e. The molecule has 26 heavy (non-hydrogen) atoms. The molecule has 1 aliphatic heterocycles. The molecule has 0 aromatic heterocycles. The fourth-order valence-corrected chi connectivity index (χ4v) is 5.09. The minimum atomic E-state index is -3.26. The number of hydrogen-bond acceptors (Lipinski definition) is 3. The average molecular weight is 372 g/mol. The van der Waals surface area contributed by atoms with Gasteiger partial charge in [0.15, 0.2) is 0 Å². The van der Waals surface area contributed by atoms with Crippen molar-refractivity contribution in [3.05, 3.63) is 58.7 Å². The van der Waals surface area contributed by atoms with Gasteiger partial charge in [-0.15, -0.1) is 0 Å². The molecule has 0 radical (unpaired) electrons. The lowest BCUT2D eigenvalue weighted by atomic mass is 10.1. The molecule has 6 heteroatoms. The Kier molecular flexibility index (Phi) is 5.05. The number of nitrogens with one attached hydrogen (secondary N) is 1. The van der Waals surface area contributed by atoms with Crippen LogP contribution in [0.2, 0.25) is 0 Å². The quantitative estimate of drug-likeness (QED) is 0.891. The van der Waals surface area contributed by atoms with Crippen LogP contribution in [0, 0.1) is 20.8 Å². The molecule has 1 saturated heterocycles. The number of hydrogen-bond donors (Lipinski definition) is 1. The Morgan fingerprint density at radius 3 is 2.31 bits per heavy atom. The van der Waals surface area contributed by atoms with E-state index < -0.39 is 10.0 Å². The van der Waals surface area contributed by atoms with Gasteiger partial charge >= 0.3 is 0 Å². The van der Waals surface area contributed by atoms with Gasteiger partial charge in [0.1, 0.15) is 0 Å². The van der Waals surface area contributed by atoms with Crippen molar-refractivity contribution in [2.24, 2.45) is 0 Å². The Morgan fingerprint density at radius 1 is 1.00 bits per heavy atom. The molecule has 138 valence electrons. The van der Waals surface area contributed by atoms with Crippen molar-refractivity contribution < 1.29 is 13.2 Å². The van der Waals surface area contributed by atoms with Crippen LogP contribution >= 0.6 is 0 Å². The van der Waals surface area contributed by atoms with Gasteiger partial charge in [-0.05, 0) is 80.6 Å². The number of aryl methyl sites for hydroxylation is 3. The molecule has 2 aromatic carbocycles. The van der Waals surface area contributed by atoms with Gasteiger partial charge in [-0.3, -0.25) is 9.10 Å². The molecule has 0 bridgehead atoms. The van der Waals surface area contributed by atoms with E-state index in [1.807, 2.05) is 39.0 Å². The molecule has 0 saturated carbocycles. The van der Waals surface area contributed by atoms with Gasteiger partial charge < -0.3 is 5.32 Å². The van der Waals surface area contributed by atoms with E-state index in [4.69, 9.17) is 0 Å². The first-order valence-corrected chi connectivity index (χ1v) is 10.4. The van der Waals surface area contributed by atoms with E-state index in [1.165, 1.54) is 4.31 Å². The molecule has 0 unspecified atom stereocenters. The standard InChI is InChI=1S/C20H24N2O3S/c1-14-10-15(2)12-18(11-14)21-20(23)17-6-7-19(16(3)13-17)22-8-4-5-9-26(22,24)25/h6-7,10-13H,4-5,8-9H2,1-3H3,(H,21,23). The third-order valence-electron chi connectivity index (χ3n) is 4.56. The lowest BCUT2D eigenvalue weighted by Crippen LogP contribution is -2.38. The predicted molar refractivity (Wildman–Crippen MR) is 105 cm³/mol. The summed E-state index contributed by atoms with van der Waals surface area (Å²) in [4.78, 5) is 12.6. The molecule has 3 rings (SSSR count). The highest BCUT2D eigenvalue weighted by Gasteiger charge is 2.27. The van der Waals surface area contributed by atoms with Crippen molar-refractivity contribution in [2.75, 3.05) is 21.9 Å². The van der Waals surface area contributed by atoms with Crippen molar-refractivity contribution in [1.82, 2.24) is 0 Å². The Hall–Kier alpha value is -2.34. The van der Waals surface area contributed by atoms with E-state index in [-0.39, 0.29) is 11.7 Å². The molecule has 2 aromatic rings. The van der Waals surface area contributed by atoms with E-state index in [0.29, 0.717) is 24.2 Å². The Morgan fingerprint density at radius 2 is 1.69 bits per heavy atom. The van der Waals surface area contributed by atoms with Gasteiger partial charge in [0.05, 0.1) is 11.4 Å². The minimum absolute atomic E-state index is 0.182. The molecule has 1 aliphatic rings. The Labute approximate surface area is 155 Å². The van der Waals surface area contributed by atoms with Crippen LogP contribution in [-0.2, 0) is 10.0 Å². The van der Waals surface area contributed by atoms with Gasteiger partial charge in [0.25, 0.3) is 5.91 Å². The molecule has 0 atom stereocenters. The number of rotatable bonds is 3. The lowest BCUT2D eigenvalue weighted by Gasteiger charge is -2.29. The van der Waals surface area contributed by atoms with Crippen LogP contribution in [0.25, 0.3) is 0 Å². The van der Waals surface area contributed by atoms with Crippen molar-refractivity contribution in [3.8, 4) is 0 Å². The molecule has 1 fully saturated rings. The number of anilines is 2. The first kappa shape index (κ1) is 18.5. The zero-order valence-electron chi connectivity index (χ0n) is 15.4. The zero-order chi connectivity index (χ0) is 18.9. The van der Waals surface area contributed by atoms with E-state index in [1.54, 1.807) is 18.2 Å². The highest BCUT2D eigenvalue weighted by Crippen LogP contribution is 2.28. The summed E-state index contributed by atoms with van der Waals surface area (Å²) in [6, 6.07) is 11.1. The summed E-state index contributed by atoms with van der Waals surface area (Å²) >= 11 is 0. The lowest BCUT2D eigenvalue weighted by molar-refractivity contribution is 0.102. The molecule has 1 heterocycles. The highest BCUT2D eigenvalue weighted by molar-refractivity contribution is 7.92. The van der Waals surface area contributed by atoms with Crippen LogP contribution in [0.4, 0.5) is 11.4 Å². The third kappa shape index (κ3) is 3.90. The number of nitrogens with zero attached hydrogens (tertiary/aromatic N) is 1. The monoisotopic (exact) mass is 372 g/mol. The number of benzene rings is 2. The van der Waals surface area contributed by atoms with Crippen LogP contribution in [0.15, 0.2) is 36.4 Å². The maximum absolute atomic E-state index is 12.6. The van der Waals surface area contributed by atoms with E-state index in [2.05, 4.69) is 5.32 Å². The Bertz CT molecular complexity index is 931. The topological polar surface area (TPSA) is 66.5 Å². The molecule has 1 amide bonds. The van der Waals surface area contributed by atoms with Crippen LogP contribution < -0.4 is 9.62 Å². The first-order valence-electron chi connectivity index (χ1n) is 8.77. The van der Waals surface area contributed by atoms with Gasteiger partial charge in [0.2, 0.25) is 10.0 Å². The van der Waals surface area contributed by atoms with Gasteiger partial charge in [-0.1, -0.05) is 6.07 Å². The third-order valence-corrected chi connectivity index (χ3v) is 6.41. The number of sulfonamides is 1. The molecule has 5 nitrogen and oxygen atoms in total. The molecular weight excluding hydrogens is 348 g/mol. The maximum atomic E-state index is 12.6. The maximum Gasteiger partial charge on any atom is 0.255 e. The molecule has 0 spiro atoms. The molecule has 1 N–H and O–H groups in total. The van der Waals surface area contributed by atoms with Crippen LogP contribution in [-0.4, -0.2) is 26.6 Å². The summed E-state index contributed by atoms with van der Waals surface area (Å²) in [5, 5.41) is 2.91. The van der Waals surface area contributed by atoms with Crippen LogP contribution in [0.1, 0.15) is 39.9 Å². The Balaban J connectivity index is 1.84. The second-order valence-corrected chi connectivity index (χ2v) is 8.94. The predicted octanol–water partition coefficient (Wildman–Crippen LogP) is 3.79. The summed E-state index contributed by atoms with van der Waals surface area (Å²) in [5.41, 5.74) is 4.88. The normalized spacial score (nSPS) is 16.3. The summed E-state index contributed by atoms with van der Waals surface area (Å²) in [6.07, 6.45) is 1.56. The SMILES string of the molecule is Cc1cc(C)cc(NC(=O)c2ccc(N3CCCCS3(=O)=O)c(C)c2)c1. The van der Waals surface area contributed by atoms with E-state index in [0.717, 1.165) is 28.8 Å². The smallest absolute Gasteiger partial charge is 0.255 e. The van der Waals surface area contributed by atoms with Crippen molar-refractivity contribution in [2.45, 2.75) is 33.6 Å². The summed E-state index contributed by atoms with van der Waals surface area (Å²) in [5.74, 6) is -0.0207. The first-order chi connectivity index (χ1) is 12.3. The zero-order valence-corrected chi connectivity index (χ0v) is 16.2. The molecule has 0 aliphatic carbocycles. The number of carbonyl (C=O) groups is 1. The average Bonchev–Trinajstić information content (AvgIpc) is 2.54. The molecular formula is C20H24N2O3S. The second kappa shape index (κ2) is 7.11. The highest BCUT2D eigenvalue weighted by atomic mass is 32.2. The minimum Gasteiger partial charge on any atom is -0.322 e. The fraction of sp³-hybridized carbons (Fsp3) is 0.350. The second-order valence-electron chi connectivity index (χ2n) is 6.93. The number of carbonyl (C=O) groups excluding carboxylic acids is 1.